The summed E-state index contributed by atoms with van der Waals surface area (Å²) in [6, 6.07) is 3.92. The minimum Gasteiger partial charge on any atom is -0.369 e. The van der Waals surface area contributed by atoms with Gasteiger partial charge in [-0.2, -0.15) is 0 Å². The zero-order chi connectivity index (χ0) is 18.0. The van der Waals surface area contributed by atoms with E-state index in [0.29, 0.717) is 25.3 Å². The number of imidazole rings is 1. The van der Waals surface area contributed by atoms with E-state index in [-0.39, 0.29) is 17.7 Å². The third-order valence-corrected chi connectivity index (χ3v) is 4.79. The topological polar surface area (TPSA) is 92.7 Å². The molecule has 1 saturated heterocycles. The fourth-order valence-electron chi connectivity index (χ4n) is 3.44. The van der Waals surface area contributed by atoms with Gasteiger partial charge in [0, 0.05) is 25.8 Å². The van der Waals surface area contributed by atoms with Gasteiger partial charge in [-0.05, 0) is 50.9 Å². The third kappa shape index (κ3) is 3.82. The number of nitrogens with one attached hydrogen (secondary N) is 1. The summed E-state index contributed by atoms with van der Waals surface area (Å²) in [7, 11) is 0. The van der Waals surface area contributed by atoms with Gasteiger partial charge in [-0.3, -0.25) is 14.0 Å². The quantitative estimate of drug-likeness (QED) is 0.843. The SMILES string of the molecule is Cc1ccn2c(C(=O)NCCN3CCC[C@H](C(N)=O)C3)c(C)nc2c1. The van der Waals surface area contributed by atoms with Crippen LogP contribution in [0.3, 0.4) is 0 Å². The summed E-state index contributed by atoms with van der Waals surface area (Å²) in [5.41, 5.74) is 8.59. The van der Waals surface area contributed by atoms with Crippen molar-refractivity contribution in [1.82, 2.24) is 19.6 Å². The Hall–Kier alpha value is -2.41. The first-order valence-electron chi connectivity index (χ1n) is 8.71. The lowest BCUT2D eigenvalue weighted by atomic mass is 9.97. The molecule has 2 amide bonds. The second-order valence-electron chi connectivity index (χ2n) is 6.78. The fourth-order valence-corrected chi connectivity index (χ4v) is 3.44. The summed E-state index contributed by atoms with van der Waals surface area (Å²) < 4.78 is 1.82. The number of aryl methyl sites for hydroxylation is 2. The van der Waals surface area contributed by atoms with Crippen molar-refractivity contribution in [3.63, 3.8) is 0 Å². The molecule has 3 heterocycles. The number of amides is 2. The first kappa shape index (κ1) is 17.4. The maximum Gasteiger partial charge on any atom is 0.270 e. The molecule has 1 aliphatic heterocycles. The highest BCUT2D eigenvalue weighted by molar-refractivity contribution is 5.94. The molecule has 134 valence electrons. The van der Waals surface area contributed by atoms with E-state index >= 15 is 0 Å². The van der Waals surface area contributed by atoms with E-state index in [0.717, 1.165) is 36.3 Å². The van der Waals surface area contributed by atoms with E-state index in [1.165, 1.54) is 0 Å². The summed E-state index contributed by atoms with van der Waals surface area (Å²) in [4.78, 5) is 30.6. The molecule has 3 rings (SSSR count). The molecule has 0 radical (unpaired) electrons. The van der Waals surface area contributed by atoms with Gasteiger partial charge in [-0.15, -0.1) is 0 Å². The van der Waals surface area contributed by atoms with Crippen molar-refractivity contribution in [3.8, 4) is 0 Å². The number of hydrogen-bond donors (Lipinski definition) is 2. The van der Waals surface area contributed by atoms with Gasteiger partial charge in [0.2, 0.25) is 5.91 Å². The number of hydrogen-bond acceptors (Lipinski definition) is 4. The smallest absolute Gasteiger partial charge is 0.270 e. The van der Waals surface area contributed by atoms with E-state index in [1.807, 2.05) is 36.6 Å². The Bertz CT molecular complexity index is 798. The van der Waals surface area contributed by atoms with Crippen LogP contribution in [0, 0.1) is 19.8 Å². The maximum atomic E-state index is 12.6. The lowest BCUT2D eigenvalue weighted by molar-refractivity contribution is -0.123. The van der Waals surface area contributed by atoms with Gasteiger partial charge in [0.05, 0.1) is 11.6 Å². The van der Waals surface area contributed by atoms with E-state index in [4.69, 9.17) is 5.73 Å². The molecule has 3 N–H and O–H groups in total. The van der Waals surface area contributed by atoms with E-state index in [9.17, 15) is 9.59 Å². The van der Waals surface area contributed by atoms with E-state index in [1.54, 1.807) is 0 Å². The Morgan fingerprint density at radius 3 is 2.96 bits per heavy atom. The number of piperidine rings is 1. The van der Waals surface area contributed by atoms with Crippen LogP contribution in [0.25, 0.3) is 5.65 Å². The van der Waals surface area contributed by atoms with Gasteiger partial charge in [0.1, 0.15) is 11.3 Å². The van der Waals surface area contributed by atoms with Crippen LogP contribution >= 0.6 is 0 Å². The first-order chi connectivity index (χ1) is 12.0. The molecule has 1 aliphatic rings. The number of likely N-dealkylation sites (tertiary alicyclic amines) is 1. The lowest BCUT2D eigenvalue weighted by Crippen LogP contribution is -2.44. The minimum atomic E-state index is -0.231. The second-order valence-corrected chi connectivity index (χ2v) is 6.78. The Morgan fingerprint density at radius 1 is 1.40 bits per heavy atom. The van der Waals surface area contributed by atoms with Crippen molar-refractivity contribution in [2.45, 2.75) is 26.7 Å². The number of fused-ring (bicyclic) bond motifs is 1. The Labute approximate surface area is 147 Å². The summed E-state index contributed by atoms with van der Waals surface area (Å²) in [5.74, 6) is -0.434. The number of aromatic nitrogens is 2. The van der Waals surface area contributed by atoms with E-state index < -0.39 is 0 Å². The molecule has 25 heavy (non-hydrogen) atoms. The average Bonchev–Trinajstić information content (AvgIpc) is 2.89. The van der Waals surface area contributed by atoms with Gasteiger partial charge >= 0.3 is 0 Å². The molecule has 0 saturated carbocycles. The zero-order valence-corrected chi connectivity index (χ0v) is 14.8. The van der Waals surface area contributed by atoms with Crippen LogP contribution in [0.2, 0.25) is 0 Å². The standard InChI is InChI=1S/C18H25N5O2/c1-12-5-8-23-15(10-12)21-13(2)16(23)18(25)20-6-9-22-7-3-4-14(11-22)17(19)24/h5,8,10,14H,3-4,6-7,9,11H2,1-2H3,(H2,19,24)(H,20,25)/t14-/m0/s1. The summed E-state index contributed by atoms with van der Waals surface area (Å²) >= 11 is 0. The van der Waals surface area contributed by atoms with Crippen LogP contribution in [-0.4, -0.2) is 52.3 Å². The largest absolute Gasteiger partial charge is 0.369 e. The predicted molar refractivity (Wildman–Crippen MR) is 95.4 cm³/mol. The number of primary amides is 1. The molecular weight excluding hydrogens is 318 g/mol. The minimum absolute atomic E-state index is 0.0753. The molecular formula is C18H25N5O2. The van der Waals surface area contributed by atoms with Crippen molar-refractivity contribution in [1.29, 1.82) is 0 Å². The summed E-state index contributed by atoms with van der Waals surface area (Å²) in [6.45, 7) is 6.71. The number of rotatable bonds is 5. The highest BCUT2D eigenvalue weighted by Crippen LogP contribution is 2.16. The zero-order valence-electron chi connectivity index (χ0n) is 14.8. The first-order valence-corrected chi connectivity index (χ1v) is 8.71. The maximum absolute atomic E-state index is 12.6. The number of nitrogens with zero attached hydrogens (tertiary/aromatic N) is 3. The van der Waals surface area contributed by atoms with Crippen molar-refractivity contribution in [2.75, 3.05) is 26.2 Å². The van der Waals surface area contributed by atoms with Crippen molar-refractivity contribution in [3.05, 3.63) is 35.3 Å². The van der Waals surface area contributed by atoms with Crippen molar-refractivity contribution < 1.29 is 9.59 Å². The number of carbonyl (C=O) groups is 2. The molecule has 2 aromatic heterocycles. The Morgan fingerprint density at radius 2 is 2.20 bits per heavy atom. The summed E-state index contributed by atoms with van der Waals surface area (Å²) in [5, 5.41) is 2.97. The molecule has 7 heteroatoms. The summed E-state index contributed by atoms with van der Waals surface area (Å²) in [6.07, 6.45) is 3.70. The molecule has 0 spiro atoms. The molecule has 0 bridgehead atoms. The van der Waals surface area contributed by atoms with Gasteiger partial charge < -0.3 is 16.0 Å². The second kappa shape index (κ2) is 7.23. The number of pyridine rings is 1. The third-order valence-electron chi connectivity index (χ3n) is 4.79. The predicted octanol–water partition coefficient (Wildman–Crippen LogP) is 0.878. The van der Waals surface area contributed by atoms with E-state index in [2.05, 4.69) is 15.2 Å². The van der Waals surface area contributed by atoms with Gasteiger partial charge in [0.25, 0.3) is 5.91 Å². The van der Waals surface area contributed by atoms with Crippen LogP contribution in [0.1, 0.15) is 34.6 Å². The van der Waals surface area contributed by atoms with Gasteiger partial charge in [-0.25, -0.2) is 4.98 Å². The normalized spacial score (nSPS) is 18.4. The highest BCUT2D eigenvalue weighted by atomic mass is 16.2. The molecule has 0 aliphatic carbocycles. The molecule has 1 fully saturated rings. The Balaban J connectivity index is 1.60. The number of nitrogens with two attached hydrogens (primary N) is 1. The van der Waals surface area contributed by atoms with Crippen molar-refractivity contribution in [2.24, 2.45) is 11.7 Å². The molecule has 7 nitrogen and oxygen atoms in total. The van der Waals surface area contributed by atoms with Gasteiger partial charge in [-0.1, -0.05) is 0 Å². The molecule has 2 aromatic rings. The van der Waals surface area contributed by atoms with Crippen LogP contribution in [-0.2, 0) is 4.79 Å². The molecule has 1 atom stereocenters. The highest BCUT2D eigenvalue weighted by Gasteiger charge is 2.24. The van der Waals surface area contributed by atoms with Gasteiger partial charge in [0.15, 0.2) is 0 Å². The van der Waals surface area contributed by atoms with Crippen LogP contribution < -0.4 is 11.1 Å². The molecule has 0 aromatic carbocycles. The van der Waals surface area contributed by atoms with Crippen LogP contribution in [0.5, 0.6) is 0 Å². The molecule has 0 unspecified atom stereocenters. The average molecular weight is 343 g/mol. The monoisotopic (exact) mass is 343 g/mol. The Kier molecular flexibility index (Phi) is 5.03. The van der Waals surface area contributed by atoms with Crippen LogP contribution in [0.4, 0.5) is 0 Å². The lowest BCUT2D eigenvalue weighted by Gasteiger charge is -2.31. The number of carbonyl (C=O) groups excluding carboxylic acids is 2. The van der Waals surface area contributed by atoms with Crippen molar-refractivity contribution >= 4 is 17.5 Å². The fraction of sp³-hybridized carbons (Fsp3) is 0.500. The van der Waals surface area contributed by atoms with Crippen LogP contribution in [0.15, 0.2) is 18.3 Å².